The fraction of sp³-hybridized carbons (Fsp3) is 0.667. The zero-order valence-electron chi connectivity index (χ0n) is 8.31. The second kappa shape index (κ2) is 3.72. The smallest absolute Gasteiger partial charge is 0.0794 e. The summed E-state index contributed by atoms with van der Waals surface area (Å²) in [6.45, 7) is 5.16. The summed E-state index contributed by atoms with van der Waals surface area (Å²) in [5.74, 6) is 0. The Morgan fingerprint density at radius 1 is 1.50 bits per heavy atom. The van der Waals surface area contributed by atoms with Crippen molar-refractivity contribution in [3.05, 3.63) is 17.0 Å². The molecular weight excluding hydrogens is 150 g/mol. The van der Waals surface area contributed by atoms with Gasteiger partial charge >= 0.3 is 0 Å². The van der Waals surface area contributed by atoms with Gasteiger partial charge in [0.05, 0.1) is 5.69 Å². The molecule has 0 aliphatic carbocycles. The maximum absolute atomic E-state index is 4.42. The summed E-state index contributed by atoms with van der Waals surface area (Å²) in [5.41, 5.74) is 3.83. The first-order chi connectivity index (χ1) is 5.70. The molecule has 0 bridgehead atoms. The monoisotopic (exact) mass is 167 g/mol. The second-order valence-electron chi connectivity index (χ2n) is 3.03. The fourth-order valence-electron chi connectivity index (χ4n) is 1.56. The predicted octanol–water partition coefficient (Wildman–Crippen LogP) is 1.01. The van der Waals surface area contributed by atoms with Crippen LogP contribution in [0.3, 0.4) is 0 Å². The van der Waals surface area contributed by atoms with Crippen molar-refractivity contribution < 1.29 is 0 Å². The van der Waals surface area contributed by atoms with Crippen LogP contribution in [-0.4, -0.2) is 16.8 Å². The number of aryl methyl sites for hydroxylation is 1. The van der Waals surface area contributed by atoms with Gasteiger partial charge in [0, 0.05) is 19.3 Å². The van der Waals surface area contributed by atoms with E-state index in [1.807, 2.05) is 18.8 Å². The minimum absolute atomic E-state index is 0.861. The molecule has 1 N–H and O–H groups in total. The van der Waals surface area contributed by atoms with Crippen LogP contribution in [-0.2, 0) is 20.0 Å². The summed E-state index contributed by atoms with van der Waals surface area (Å²) < 4.78 is 1.97. The third-order valence-corrected chi connectivity index (χ3v) is 2.21. The van der Waals surface area contributed by atoms with Gasteiger partial charge in [-0.1, -0.05) is 6.92 Å². The van der Waals surface area contributed by atoms with E-state index >= 15 is 0 Å². The topological polar surface area (TPSA) is 29.9 Å². The molecular formula is C9H17N3. The fourth-order valence-corrected chi connectivity index (χ4v) is 1.56. The molecule has 0 fully saturated rings. The molecule has 0 amide bonds. The van der Waals surface area contributed by atoms with Crippen molar-refractivity contribution in [2.75, 3.05) is 7.05 Å². The minimum atomic E-state index is 0.861. The molecule has 0 aromatic carbocycles. The average Bonchev–Trinajstić information content (AvgIpc) is 2.29. The highest BCUT2D eigenvalue weighted by molar-refractivity contribution is 5.24. The lowest BCUT2D eigenvalue weighted by atomic mass is 10.2. The summed E-state index contributed by atoms with van der Waals surface area (Å²) >= 11 is 0. The molecule has 1 aromatic heterocycles. The summed E-state index contributed by atoms with van der Waals surface area (Å²) in [5, 5.41) is 7.54. The van der Waals surface area contributed by atoms with Crippen LogP contribution in [0.4, 0.5) is 0 Å². The van der Waals surface area contributed by atoms with Gasteiger partial charge in [-0.15, -0.1) is 0 Å². The Morgan fingerprint density at radius 2 is 2.17 bits per heavy atom. The molecule has 3 heteroatoms. The number of hydrogen-bond acceptors (Lipinski definition) is 2. The summed E-state index contributed by atoms with van der Waals surface area (Å²) in [4.78, 5) is 0. The third kappa shape index (κ3) is 1.50. The number of nitrogens with zero attached hydrogens (tertiary/aromatic N) is 2. The first-order valence-electron chi connectivity index (χ1n) is 4.36. The van der Waals surface area contributed by atoms with Gasteiger partial charge < -0.3 is 5.32 Å². The van der Waals surface area contributed by atoms with Crippen molar-refractivity contribution in [1.82, 2.24) is 15.1 Å². The van der Waals surface area contributed by atoms with E-state index in [4.69, 9.17) is 0 Å². The highest BCUT2D eigenvalue weighted by Crippen LogP contribution is 2.12. The molecule has 68 valence electrons. The predicted molar refractivity (Wildman–Crippen MR) is 50.1 cm³/mol. The molecule has 3 nitrogen and oxygen atoms in total. The Balaban J connectivity index is 3.00. The molecule has 1 aromatic rings. The summed E-state index contributed by atoms with van der Waals surface area (Å²) in [6.07, 6.45) is 1.05. The molecule has 12 heavy (non-hydrogen) atoms. The molecule has 0 aliphatic heterocycles. The Morgan fingerprint density at radius 3 is 2.58 bits per heavy atom. The van der Waals surface area contributed by atoms with Crippen molar-refractivity contribution in [3.63, 3.8) is 0 Å². The van der Waals surface area contributed by atoms with Gasteiger partial charge in [0.2, 0.25) is 0 Å². The molecule has 0 radical (unpaired) electrons. The van der Waals surface area contributed by atoms with E-state index in [1.54, 1.807) is 0 Å². The highest BCUT2D eigenvalue weighted by Gasteiger charge is 2.08. The average molecular weight is 167 g/mol. The maximum Gasteiger partial charge on any atom is 0.0794 e. The van der Waals surface area contributed by atoms with Crippen LogP contribution in [0.15, 0.2) is 0 Å². The highest BCUT2D eigenvalue weighted by atomic mass is 15.3. The summed E-state index contributed by atoms with van der Waals surface area (Å²) in [7, 11) is 3.95. The van der Waals surface area contributed by atoms with Gasteiger partial charge in [0.25, 0.3) is 0 Å². The molecule has 0 atom stereocenters. The van der Waals surface area contributed by atoms with Crippen LogP contribution >= 0.6 is 0 Å². The number of hydrogen-bond donors (Lipinski definition) is 1. The van der Waals surface area contributed by atoms with E-state index < -0.39 is 0 Å². The quantitative estimate of drug-likeness (QED) is 0.728. The van der Waals surface area contributed by atoms with Crippen molar-refractivity contribution in [2.45, 2.75) is 26.8 Å². The molecule has 1 heterocycles. The van der Waals surface area contributed by atoms with Gasteiger partial charge in [-0.05, 0) is 26.0 Å². The second-order valence-corrected chi connectivity index (χ2v) is 3.03. The standard InChI is InChI=1S/C9H17N3/c1-5-9-7(2)8(6-10-3)11-12(9)4/h10H,5-6H2,1-4H3. The van der Waals surface area contributed by atoms with Crippen LogP contribution < -0.4 is 5.32 Å². The van der Waals surface area contributed by atoms with Crippen molar-refractivity contribution in [3.8, 4) is 0 Å². The van der Waals surface area contributed by atoms with Gasteiger partial charge in [-0.2, -0.15) is 5.10 Å². The Labute approximate surface area is 73.8 Å². The number of aromatic nitrogens is 2. The van der Waals surface area contributed by atoms with E-state index in [0.717, 1.165) is 18.7 Å². The number of rotatable bonds is 3. The van der Waals surface area contributed by atoms with E-state index in [9.17, 15) is 0 Å². The van der Waals surface area contributed by atoms with Crippen molar-refractivity contribution in [2.24, 2.45) is 7.05 Å². The SMILES string of the molecule is CCc1c(C)c(CNC)nn1C. The Hall–Kier alpha value is -0.830. The van der Waals surface area contributed by atoms with Gasteiger partial charge in [0.1, 0.15) is 0 Å². The van der Waals surface area contributed by atoms with Gasteiger partial charge in [0.15, 0.2) is 0 Å². The zero-order valence-corrected chi connectivity index (χ0v) is 8.31. The van der Waals surface area contributed by atoms with E-state index in [2.05, 4.69) is 24.3 Å². The number of nitrogens with one attached hydrogen (secondary N) is 1. The van der Waals surface area contributed by atoms with E-state index in [-0.39, 0.29) is 0 Å². The van der Waals surface area contributed by atoms with Crippen molar-refractivity contribution in [1.29, 1.82) is 0 Å². The van der Waals surface area contributed by atoms with Crippen LogP contribution in [0.2, 0.25) is 0 Å². The van der Waals surface area contributed by atoms with Crippen LogP contribution in [0.5, 0.6) is 0 Å². The molecule has 0 unspecified atom stereocenters. The lowest BCUT2D eigenvalue weighted by Crippen LogP contribution is -2.06. The first kappa shape index (κ1) is 9.26. The van der Waals surface area contributed by atoms with Gasteiger partial charge in [-0.25, -0.2) is 0 Å². The van der Waals surface area contributed by atoms with Crippen LogP contribution in [0, 0.1) is 6.92 Å². The Kier molecular flexibility index (Phi) is 2.87. The van der Waals surface area contributed by atoms with E-state index in [1.165, 1.54) is 11.3 Å². The third-order valence-electron chi connectivity index (χ3n) is 2.21. The zero-order chi connectivity index (χ0) is 9.14. The van der Waals surface area contributed by atoms with Crippen molar-refractivity contribution >= 4 is 0 Å². The molecule has 0 saturated heterocycles. The molecule has 0 saturated carbocycles. The largest absolute Gasteiger partial charge is 0.314 e. The normalized spacial score (nSPS) is 10.7. The van der Waals surface area contributed by atoms with Crippen LogP contribution in [0.25, 0.3) is 0 Å². The Bertz CT molecular complexity index is 263. The first-order valence-corrected chi connectivity index (χ1v) is 4.36. The molecule has 0 spiro atoms. The molecule has 0 aliphatic rings. The van der Waals surface area contributed by atoms with Crippen LogP contribution in [0.1, 0.15) is 23.9 Å². The lowest BCUT2D eigenvalue weighted by molar-refractivity contribution is 0.686. The lowest BCUT2D eigenvalue weighted by Gasteiger charge is -1.97. The minimum Gasteiger partial charge on any atom is -0.314 e. The summed E-state index contributed by atoms with van der Waals surface area (Å²) in [6, 6.07) is 0. The molecule has 1 rings (SSSR count). The maximum atomic E-state index is 4.42. The van der Waals surface area contributed by atoms with Gasteiger partial charge in [-0.3, -0.25) is 4.68 Å². The van der Waals surface area contributed by atoms with E-state index in [0.29, 0.717) is 0 Å².